The molecule has 0 aliphatic rings. The van der Waals surface area contributed by atoms with E-state index in [9.17, 15) is 0 Å². The maximum atomic E-state index is 5.84. The molecule has 0 unspecified atom stereocenters. The Hall–Kier alpha value is -1.12. The predicted octanol–water partition coefficient (Wildman–Crippen LogP) is 5.13. The molecule has 20 heavy (non-hydrogen) atoms. The lowest BCUT2D eigenvalue weighted by molar-refractivity contribution is 0.318. The van der Waals surface area contributed by atoms with Gasteiger partial charge < -0.3 is 4.74 Å². The normalized spacial score (nSPS) is 10.4. The molecule has 0 aromatic heterocycles. The molecule has 0 radical (unpaired) electrons. The Morgan fingerprint density at radius 3 is 2.55 bits per heavy atom. The van der Waals surface area contributed by atoms with Gasteiger partial charge in [0.15, 0.2) is 0 Å². The van der Waals surface area contributed by atoms with E-state index < -0.39 is 0 Å². The van der Waals surface area contributed by atoms with Crippen LogP contribution in [-0.2, 0) is 11.6 Å². The summed E-state index contributed by atoms with van der Waals surface area (Å²) in [5, 5.41) is 0. The molecule has 3 heteroatoms. The summed E-state index contributed by atoms with van der Waals surface area (Å²) in [5.41, 5.74) is 2.54. The number of thioether (sulfide) groups is 1. The topological polar surface area (TPSA) is 9.23 Å². The molecule has 0 saturated carbocycles. The van der Waals surface area contributed by atoms with Crippen LogP contribution in [0.2, 0.25) is 0 Å². The molecule has 0 heterocycles. The maximum absolute atomic E-state index is 5.84. The number of benzene rings is 2. The standard InChI is InChI=1S/C17H19ClOS/c18-13-15-6-4-7-16(12-15)14-20-11-5-10-19-17-8-2-1-3-9-17/h1-4,6-9,12H,5,10-11,13-14H2. The quantitative estimate of drug-likeness (QED) is 0.494. The van der Waals surface area contributed by atoms with E-state index in [0.717, 1.165) is 30.3 Å². The zero-order valence-electron chi connectivity index (χ0n) is 11.4. The predicted molar refractivity (Wildman–Crippen MR) is 88.7 cm³/mol. The van der Waals surface area contributed by atoms with Crippen LogP contribution in [0.3, 0.4) is 0 Å². The van der Waals surface area contributed by atoms with E-state index in [-0.39, 0.29) is 0 Å². The number of alkyl halides is 1. The summed E-state index contributed by atoms with van der Waals surface area (Å²) in [5.74, 6) is 3.68. The van der Waals surface area contributed by atoms with Crippen LogP contribution in [0.1, 0.15) is 17.5 Å². The summed E-state index contributed by atoms with van der Waals surface area (Å²) >= 11 is 7.77. The van der Waals surface area contributed by atoms with Gasteiger partial charge >= 0.3 is 0 Å². The number of hydrogen-bond donors (Lipinski definition) is 0. The van der Waals surface area contributed by atoms with Crippen molar-refractivity contribution in [2.24, 2.45) is 0 Å². The van der Waals surface area contributed by atoms with Gasteiger partial charge in [-0.15, -0.1) is 11.6 Å². The number of hydrogen-bond acceptors (Lipinski definition) is 2. The second-order valence-corrected chi connectivity index (χ2v) is 5.89. The molecule has 2 aromatic carbocycles. The van der Waals surface area contributed by atoms with Gasteiger partial charge in [-0.25, -0.2) is 0 Å². The SMILES string of the molecule is ClCc1cccc(CSCCCOc2ccccc2)c1. The largest absolute Gasteiger partial charge is 0.494 e. The summed E-state index contributed by atoms with van der Waals surface area (Å²) in [6, 6.07) is 18.4. The summed E-state index contributed by atoms with van der Waals surface area (Å²) in [7, 11) is 0. The first-order chi connectivity index (χ1) is 9.88. The van der Waals surface area contributed by atoms with E-state index in [1.54, 1.807) is 0 Å². The van der Waals surface area contributed by atoms with Crippen molar-refractivity contribution in [3.8, 4) is 5.75 Å². The van der Waals surface area contributed by atoms with E-state index in [1.807, 2.05) is 42.1 Å². The molecule has 0 spiro atoms. The van der Waals surface area contributed by atoms with Crippen molar-refractivity contribution in [1.29, 1.82) is 0 Å². The van der Waals surface area contributed by atoms with Crippen molar-refractivity contribution in [3.63, 3.8) is 0 Å². The van der Waals surface area contributed by atoms with Gasteiger partial charge in [-0.05, 0) is 35.4 Å². The van der Waals surface area contributed by atoms with Gasteiger partial charge in [-0.1, -0.05) is 42.5 Å². The highest BCUT2D eigenvalue weighted by molar-refractivity contribution is 7.98. The van der Waals surface area contributed by atoms with Crippen LogP contribution >= 0.6 is 23.4 Å². The van der Waals surface area contributed by atoms with E-state index >= 15 is 0 Å². The minimum absolute atomic E-state index is 0.587. The zero-order chi connectivity index (χ0) is 14.0. The van der Waals surface area contributed by atoms with E-state index in [2.05, 4.69) is 24.3 Å². The van der Waals surface area contributed by atoms with Crippen molar-refractivity contribution in [3.05, 3.63) is 65.7 Å². The first-order valence-corrected chi connectivity index (χ1v) is 8.47. The second-order valence-electron chi connectivity index (χ2n) is 4.52. The molecule has 0 atom stereocenters. The second kappa shape index (κ2) is 8.93. The highest BCUT2D eigenvalue weighted by Crippen LogP contribution is 2.16. The minimum Gasteiger partial charge on any atom is -0.494 e. The van der Waals surface area contributed by atoms with Crippen LogP contribution in [0.15, 0.2) is 54.6 Å². The molecule has 2 aromatic rings. The molecule has 0 aliphatic carbocycles. The average molecular weight is 307 g/mol. The Morgan fingerprint density at radius 2 is 1.75 bits per heavy atom. The Balaban J connectivity index is 1.59. The molecule has 0 N–H and O–H groups in total. The fourth-order valence-corrected chi connectivity index (χ4v) is 2.91. The van der Waals surface area contributed by atoms with Crippen LogP contribution in [0.4, 0.5) is 0 Å². The highest BCUT2D eigenvalue weighted by Gasteiger charge is 1.97. The molecular weight excluding hydrogens is 288 g/mol. The fraction of sp³-hybridized carbons (Fsp3) is 0.294. The molecule has 106 valence electrons. The van der Waals surface area contributed by atoms with Crippen LogP contribution in [0.5, 0.6) is 5.75 Å². The van der Waals surface area contributed by atoms with Crippen molar-refractivity contribution >= 4 is 23.4 Å². The van der Waals surface area contributed by atoms with E-state index in [1.165, 1.54) is 11.1 Å². The first kappa shape index (κ1) is 15.3. The lowest BCUT2D eigenvalue weighted by Gasteiger charge is -2.06. The van der Waals surface area contributed by atoms with Gasteiger partial charge in [0.05, 0.1) is 6.61 Å². The van der Waals surface area contributed by atoms with Crippen molar-refractivity contribution in [2.45, 2.75) is 18.1 Å². The van der Waals surface area contributed by atoms with Crippen LogP contribution in [0, 0.1) is 0 Å². The van der Waals surface area contributed by atoms with Gasteiger partial charge in [-0.2, -0.15) is 11.8 Å². The lowest BCUT2D eigenvalue weighted by Crippen LogP contribution is -1.98. The molecule has 0 saturated heterocycles. The van der Waals surface area contributed by atoms with Crippen molar-refractivity contribution in [2.75, 3.05) is 12.4 Å². The van der Waals surface area contributed by atoms with Crippen LogP contribution in [0.25, 0.3) is 0 Å². The third-order valence-corrected chi connectivity index (χ3v) is 4.28. The van der Waals surface area contributed by atoms with Gasteiger partial charge in [0.25, 0.3) is 0 Å². The van der Waals surface area contributed by atoms with Crippen LogP contribution < -0.4 is 4.74 Å². The molecular formula is C17H19ClOS. The highest BCUT2D eigenvalue weighted by atomic mass is 35.5. The Kier molecular flexibility index (Phi) is 6.82. The summed E-state index contributed by atoms with van der Waals surface area (Å²) < 4.78 is 5.66. The maximum Gasteiger partial charge on any atom is 0.119 e. The number of halogens is 1. The Bertz CT molecular complexity index is 501. The number of ether oxygens (including phenoxy) is 1. The minimum atomic E-state index is 0.587. The third kappa shape index (κ3) is 5.48. The fourth-order valence-electron chi connectivity index (χ4n) is 1.86. The summed E-state index contributed by atoms with van der Waals surface area (Å²) in [6.07, 6.45) is 1.06. The van der Waals surface area contributed by atoms with Crippen LogP contribution in [-0.4, -0.2) is 12.4 Å². The van der Waals surface area contributed by atoms with E-state index in [0.29, 0.717) is 5.88 Å². The zero-order valence-corrected chi connectivity index (χ0v) is 13.0. The molecule has 0 aliphatic heterocycles. The Morgan fingerprint density at radius 1 is 0.950 bits per heavy atom. The van der Waals surface area contributed by atoms with E-state index in [4.69, 9.17) is 16.3 Å². The number of rotatable bonds is 8. The summed E-state index contributed by atoms with van der Waals surface area (Å²) in [6.45, 7) is 0.777. The average Bonchev–Trinajstić information content (AvgIpc) is 2.52. The molecule has 1 nitrogen and oxygen atoms in total. The van der Waals surface area contributed by atoms with Gasteiger partial charge in [0, 0.05) is 11.6 Å². The Labute approximate surface area is 130 Å². The summed E-state index contributed by atoms with van der Waals surface area (Å²) in [4.78, 5) is 0. The first-order valence-electron chi connectivity index (χ1n) is 6.78. The number of para-hydroxylation sites is 1. The molecule has 2 rings (SSSR count). The third-order valence-electron chi connectivity index (χ3n) is 2.86. The van der Waals surface area contributed by atoms with Crippen molar-refractivity contribution in [1.82, 2.24) is 0 Å². The molecule has 0 bridgehead atoms. The van der Waals surface area contributed by atoms with Gasteiger partial charge in [0.2, 0.25) is 0 Å². The van der Waals surface area contributed by atoms with Gasteiger partial charge in [-0.3, -0.25) is 0 Å². The monoisotopic (exact) mass is 306 g/mol. The lowest BCUT2D eigenvalue weighted by atomic mass is 10.2. The van der Waals surface area contributed by atoms with Gasteiger partial charge in [0.1, 0.15) is 5.75 Å². The van der Waals surface area contributed by atoms with Crippen molar-refractivity contribution < 1.29 is 4.74 Å². The molecule has 0 amide bonds. The smallest absolute Gasteiger partial charge is 0.119 e. The molecule has 0 fully saturated rings.